The number of likely N-dealkylation sites (tertiary alicyclic amines) is 1. The van der Waals surface area contributed by atoms with Crippen LogP contribution in [0.5, 0.6) is 0 Å². The molecule has 3 aromatic rings. The topological polar surface area (TPSA) is 75.3 Å². The Morgan fingerprint density at radius 3 is 2.86 bits per heavy atom. The molecule has 1 aliphatic rings. The van der Waals surface area contributed by atoms with Crippen LogP contribution < -0.4 is 5.56 Å². The van der Waals surface area contributed by atoms with Crippen molar-refractivity contribution in [1.29, 1.82) is 0 Å². The molecule has 0 saturated carbocycles. The molecule has 28 heavy (non-hydrogen) atoms. The van der Waals surface area contributed by atoms with Gasteiger partial charge in [-0.3, -0.25) is 9.69 Å². The third kappa shape index (κ3) is 3.82. The predicted octanol–water partition coefficient (Wildman–Crippen LogP) is 2.92. The molecule has 0 spiro atoms. The smallest absolute Gasteiger partial charge is 0.337 e. The molecule has 2 aromatic carbocycles. The standard InChI is InChI=1S/C22H23N3O3/c1-28-22(27)16-9-10-18-19(13-16)23-20(24-21(18)26)14-25-11-5-8-17(25)12-15-6-3-2-4-7-15/h2-4,6-7,9-10,13,17H,5,8,11-12,14H2,1H3,(H,23,24,26)/t17-/m1/s1. The van der Waals surface area contributed by atoms with Crippen molar-refractivity contribution in [2.45, 2.75) is 31.8 Å². The van der Waals surface area contributed by atoms with Crippen LogP contribution in [0, 0.1) is 0 Å². The van der Waals surface area contributed by atoms with Gasteiger partial charge in [-0.2, -0.15) is 0 Å². The Morgan fingerprint density at radius 2 is 2.07 bits per heavy atom. The van der Waals surface area contributed by atoms with Gasteiger partial charge in [0.2, 0.25) is 0 Å². The Hall–Kier alpha value is -2.99. The highest BCUT2D eigenvalue weighted by Crippen LogP contribution is 2.23. The summed E-state index contributed by atoms with van der Waals surface area (Å²) < 4.78 is 4.76. The average Bonchev–Trinajstić information content (AvgIpc) is 3.14. The summed E-state index contributed by atoms with van der Waals surface area (Å²) in [4.78, 5) is 34.1. The van der Waals surface area contributed by atoms with Crippen molar-refractivity contribution in [3.8, 4) is 0 Å². The predicted molar refractivity (Wildman–Crippen MR) is 107 cm³/mol. The lowest BCUT2D eigenvalue weighted by Gasteiger charge is -2.24. The molecule has 0 amide bonds. The Labute approximate surface area is 163 Å². The highest BCUT2D eigenvalue weighted by molar-refractivity contribution is 5.93. The normalized spacial score (nSPS) is 17.1. The monoisotopic (exact) mass is 377 g/mol. The molecule has 4 rings (SSSR count). The number of ether oxygens (including phenoxy) is 1. The summed E-state index contributed by atoms with van der Waals surface area (Å²) in [6.45, 7) is 1.58. The lowest BCUT2D eigenvalue weighted by molar-refractivity contribution is 0.0601. The number of aromatic nitrogens is 2. The number of rotatable bonds is 5. The summed E-state index contributed by atoms with van der Waals surface area (Å²) >= 11 is 0. The van der Waals surface area contributed by atoms with Gasteiger partial charge < -0.3 is 9.72 Å². The molecule has 1 saturated heterocycles. The van der Waals surface area contributed by atoms with E-state index in [2.05, 4.69) is 39.1 Å². The molecule has 2 heterocycles. The number of aromatic amines is 1. The fraction of sp³-hybridized carbons (Fsp3) is 0.318. The van der Waals surface area contributed by atoms with E-state index >= 15 is 0 Å². The van der Waals surface area contributed by atoms with Crippen LogP contribution in [0.2, 0.25) is 0 Å². The van der Waals surface area contributed by atoms with Crippen LogP contribution >= 0.6 is 0 Å². The van der Waals surface area contributed by atoms with Gasteiger partial charge in [0.05, 0.1) is 30.1 Å². The molecular formula is C22H23N3O3. The largest absolute Gasteiger partial charge is 0.465 e. The number of H-pyrrole nitrogens is 1. The van der Waals surface area contributed by atoms with Gasteiger partial charge in [-0.25, -0.2) is 9.78 Å². The number of nitrogens with one attached hydrogen (secondary N) is 1. The molecule has 6 nitrogen and oxygen atoms in total. The zero-order valence-corrected chi connectivity index (χ0v) is 15.9. The maximum Gasteiger partial charge on any atom is 0.337 e. The first-order valence-corrected chi connectivity index (χ1v) is 9.53. The van der Waals surface area contributed by atoms with Crippen LogP contribution in [0.4, 0.5) is 0 Å². The van der Waals surface area contributed by atoms with Crippen LogP contribution in [-0.4, -0.2) is 40.5 Å². The molecule has 0 bridgehead atoms. The minimum atomic E-state index is -0.437. The number of hydrogen-bond acceptors (Lipinski definition) is 5. The van der Waals surface area contributed by atoms with E-state index in [0.29, 0.717) is 34.9 Å². The number of carbonyl (C=O) groups is 1. The van der Waals surface area contributed by atoms with Gasteiger partial charge in [-0.1, -0.05) is 30.3 Å². The van der Waals surface area contributed by atoms with E-state index in [1.165, 1.54) is 12.7 Å². The summed E-state index contributed by atoms with van der Waals surface area (Å²) in [6.07, 6.45) is 3.27. The Balaban J connectivity index is 1.58. The molecule has 0 radical (unpaired) electrons. The first-order chi connectivity index (χ1) is 13.6. The van der Waals surface area contributed by atoms with E-state index in [-0.39, 0.29) is 5.56 Å². The zero-order chi connectivity index (χ0) is 19.5. The number of methoxy groups -OCH3 is 1. The molecule has 1 N–H and O–H groups in total. The lowest BCUT2D eigenvalue weighted by atomic mass is 10.0. The van der Waals surface area contributed by atoms with Crippen LogP contribution in [-0.2, 0) is 17.7 Å². The van der Waals surface area contributed by atoms with Crippen molar-refractivity contribution >= 4 is 16.9 Å². The minimum Gasteiger partial charge on any atom is -0.465 e. The Bertz CT molecular complexity index is 1050. The Morgan fingerprint density at radius 1 is 1.25 bits per heavy atom. The molecule has 1 aromatic heterocycles. The molecule has 0 unspecified atom stereocenters. The maximum atomic E-state index is 12.5. The third-order valence-corrected chi connectivity index (χ3v) is 5.34. The molecule has 1 fully saturated rings. The third-order valence-electron chi connectivity index (χ3n) is 5.34. The van der Waals surface area contributed by atoms with Crippen molar-refractivity contribution in [3.63, 3.8) is 0 Å². The van der Waals surface area contributed by atoms with E-state index in [1.807, 2.05) is 6.07 Å². The van der Waals surface area contributed by atoms with Gasteiger partial charge >= 0.3 is 5.97 Å². The van der Waals surface area contributed by atoms with Crippen LogP contribution in [0.3, 0.4) is 0 Å². The number of benzene rings is 2. The number of hydrogen-bond donors (Lipinski definition) is 1. The Kier molecular flexibility index (Phi) is 5.21. The number of nitrogens with zero attached hydrogens (tertiary/aromatic N) is 2. The highest BCUT2D eigenvalue weighted by atomic mass is 16.5. The summed E-state index contributed by atoms with van der Waals surface area (Å²) in [5, 5.41) is 0.471. The summed E-state index contributed by atoms with van der Waals surface area (Å²) in [5.41, 5.74) is 2.04. The van der Waals surface area contributed by atoms with Crippen molar-refractivity contribution in [1.82, 2.24) is 14.9 Å². The van der Waals surface area contributed by atoms with Gasteiger partial charge in [0, 0.05) is 6.04 Å². The molecule has 0 aliphatic carbocycles. The van der Waals surface area contributed by atoms with E-state index < -0.39 is 5.97 Å². The van der Waals surface area contributed by atoms with Crippen LogP contribution in [0.15, 0.2) is 53.3 Å². The summed E-state index contributed by atoms with van der Waals surface area (Å²) in [5.74, 6) is 0.187. The lowest BCUT2D eigenvalue weighted by Crippen LogP contribution is -2.32. The molecule has 6 heteroatoms. The van der Waals surface area contributed by atoms with Gasteiger partial charge in [-0.05, 0) is 49.6 Å². The fourth-order valence-corrected chi connectivity index (χ4v) is 3.92. The summed E-state index contributed by atoms with van der Waals surface area (Å²) in [6, 6.07) is 15.7. The van der Waals surface area contributed by atoms with Gasteiger partial charge in [0.25, 0.3) is 5.56 Å². The average molecular weight is 377 g/mol. The SMILES string of the molecule is COC(=O)c1ccc2c(=O)[nH]c(CN3CCC[C@@H]3Cc3ccccc3)nc2c1. The quantitative estimate of drug-likeness (QED) is 0.692. The van der Waals surface area contributed by atoms with Crippen LogP contribution in [0.25, 0.3) is 10.9 Å². The van der Waals surface area contributed by atoms with Gasteiger partial charge in [-0.15, -0.1) is 0 Å². The fourth-order valence-electron chi connectivity index (χ4n) is 3.92. The van der Waals surface area contributed by atoms with Gasteiger partial charge in [0.15, 0.2) is 0 Å². The second-order valence-electron chi connectivity index (χ2n) is 7.19. The van der Waals surface area contributed by atoms with Crippen molar-refractivity contribution in [3.05, 3.63) is 75.8 Å². The first kappa shape index (κ1) is 18.4. The second kappa shape index (κ2) is 7.94. The number of fused-ring (bicyclic) bond motifs is 1. The van der Waals surface area contributed by atoms with Crippen molar-refractivity contribution in [2.75, 3.05) is 13.7 Å². The molecule has 144 valence electrons. The van der Waals surface area contributed by atoms with Gasteiger partial charge in [0.1, 0.15) is 5.82 Å². The van der Waals surface area contributed by atoms with E-state index in [0.717, 1.165) is 25.8 Å². The van der Waals surface area contributed by atoms with E-state index in [1.54, 1.807) is 18.2 Å². The highest BCUT2D eigenvalue weighted by Gasteiger charge is 2.25. The van der Waals surface area contributed by atoms with Crippen molar-refractivity contribution in [2.24, 2.45) is 0 Å². The van der Waals surface area contributed by atoms with E-state index in [4.69, 9.17) is 4.74 Å². The van der Waals surface area contributed by atoms with Crippen LogP contribution in [0.1, 0.15) is 34.6 Å². The number of carbonyl (C=O) groups excluding carboxylic acids is 1. The molecular weight excluding hydrogens is 354 g/mol. The minimum absolute atomic E-state index is 0.185. The maximum absolute atomic E-state index is 12.5. The zero-order valence-electron chi connectivity index (χ0n) is 15.9. The van der Waals surface area contributed by atoms with Crippen molar-refractivity contribution < 1.29 is 9.53 Å². The first-order valence-electron chi connectivity index (χ1n) is 9.53. The molecule has 1 atom stereocenters. The van der Waals surface area contributed by atoms with E-state index in [9.17, 15) is 9.59 Å². The summed E-state index contributed by atoms with van der Waals surface area (Å²) in [7, 11) is 1.34. The number of esters is 1. The second-order valence-corrected chi connectivity index (χ2v) is 7.19. The molecule has 1 aliphatic heterocycles.